The molecule has 5 heteroatoms. The standard InChI is InChI=1S/C12H18N4S/c1-9(2)10-8-11-12(14-5-7-17-3)13-4-6-16(11)15-10/h4,6,8-9H,5,7H2,1-3H3,(H,13,14). The Bertz CT molecular complexity index is 492. The minimum atomic E-state index is 0.439. The Kier molecular flexibility index (Phi) is 3.89. The zero-order valence-electron chi connectivity index (χ0n) is 10.5. The van der Waals surface area contributed by atoms with Crippen LogP contribution in [0.2, 0.25) is 0 Å². The molecule has 2 rings (SSSR count). The third-order valence-electron chi connectivity index (χ3n) is 2.60. The average molecular weight is 250 g/mol. The molecule has 0 spiro atoms. The van der Waals surface area contributed by atoms with Gasteiger partial charge in [-0.2, -0.15) is 16.9 Å². The van der Waals surface area contributed by atoms with Crippen molar-refractivity contribution in [1.82, 2.24) is 14.6 Å². The molecule has 0 unspecified atom stereocenters. The molecule has 4 nitrogen and oxygen atoms in total. The minimum absolute atomic E-state index is 0.439. The van der Waals surface area contributed by atoms with Gasteiger partial charge in [0, 0.05) is 24.7 Å². The van der Waals surface area contributed by atoms with E-state index in [4.69, 9.17) is 0 Å². The van der Waals surface area contributed by atoms with Crippen LogP contribution in [0.5, 0.6) is 0 Å². The SMILES string of the molecule is CSCCNc1nccn2nc(C(C)C)cc12. The monoisotopic (exact) mass is 250 g/mol. The Morgan fingerprint density at radius 1 is 1.47 bits per heavy atom. The quantitative estimate of drug-likeness (QED) is 0.828. The van der Waals surface area contributed by atoms with E-state index in [0.29, 0.717) is 5.92 Å². The number of thioether (sulfide) groups is 1. The maximum atomic E-state index is 4.53. The summed E-state index contributed by atoms with van der Waals surface area (Å²) < 4.78 is 1.89. The van der Waals surface area contributed by atoms with Crippen molar-refractivity contribution in [2.75, 3.05) is 23.9 Å². The second-order valence-corrected chi connectivity index (χ2v) is 5.23. The van der Waals surface area contributed by atoms with Crippen molar-refractivity contribution in [3.8, 4) is 0 Å². The average Bonchev–Trinajstić information content (AvgIpc) is 2.74. The fraction of sp³-hybridized carbons (Fsp3) is 0.500. The van der Waals surface area contributed by atoms with Crippen LogP contribution in [-0.4, -0.2) is 33.2 Å². The van der Waals surface area contributed by atoms with E-state index in [9.17, 15) is 0 Å². The lowest BCUT2D eigenvalue weighted by atomic mass is 10.1. The van der Waals surface area contributed by atoms with Gasteiger partial charge in [-0.05, 0) is 18.2 Å². The number of nitrogens with one attached hydrogen (secondary N) is 1. The van der Waals surface area contributed by atoms with E-state index < -0.39 is 0 Å². The van der Waals surface area contributed by atoms with Crippen molar-refractivity contribution >= 4 is 23.1 Å². The second-order valence-electron chi connectivity index (χ2n) is 4.25. The number of fused-ring (bicyclic) bond motifs is 1. The molecule has 0 aliphatic carbocycles. The van der Waals surface area contributed by atoms with Crippen LogP contribution in [0.1, 0.15) is 25.5 Å². The predicted molar refractivity (Wildman–Crippen MR) is 73.9 cm³/mol. The first-order chi connectivity index (χ1) is 8.22. The van der Waals surface area contributed by atoms with Crippen LogP contribution in [0.3, 0.4) is 0 Å². The van der Waals surface area contributed by atoms with Crippen molar-refractivity contribution in [1.29, 1.82) is 0 Å². The summed E-state index contributed by atoms with van der Waals surface area (Å²) in [6.45, 7) is 5.22. The molecule has 0 aliphatic heterocycles. The Morgan fingerprint density at radius 3 is 3.00 bits per heavy atom. The molecule has 17 heavy (non-hydrogen) atoms. The van der Waals surface area contributed by atoms with Crippen LogP contribution in [-0.2, 0) is 0 Å². The van der Waals surface area contributed by atoms with Gasteiger partial charge in [0.15, 0.2) is 5.82 Å². The fourth-order valence-corrected chi connectivity index (χ4v) is 1.94. The highest BCUT2D eigenvalue weighted by atomic mass is 32.2. The highest BCUT2D eigenvalue weighted by Gasteiger charge is 2.09. The van der Waals surface area contributed by atoms with Gasteiger partial charge < -0.3 is 5.32 Å². The molecule has 0 amide bonds. The van der Waals surface area contributed by atoms with E-state index in [1.165, 1.54) is 0 Å². The Hall–Kier alpha value is -1.23. The summed E-state index contributed by atoms with van der Waals surface area (Å²) >= 11 is 1.82. The van der Waals surface area contributed by atoms with Crippen LogP contribution in [0.15, 0.2) is 18.5 Å². The molecule has 0 saturated heterocycles. The van der Waals surface area contributed by atoms with Crippen LogP contribution < -0.4 is 5.32 Å². The number of aromatic nitrogens is 3. The van der Waals surface area contributed by atoms with Gasteiger partial charge in [-0.1, -0.05) is 13.8 Å². The number of hydrogen-bond donors (Lipinski definition) is 1. The van der Waals surface area contributed by atoms with E-state index in [1.54, 1.807) is 6.20 Å². The highest BCUT2D eigenvalue weighted by molar-refractivity contribution is 7.98. The van der Waals surface area contributed by atoms with Crippen molar-refractivity contribution in [2.45, 2.75) is 19.8 Å². The third-order valence-corrected chi connectivity index (χ3v) is 3.21. The first-order valence-corrected chi connectivity index (χ1v) is 7.19. The molecular weight excluding hydrogens is 232 g/mol. The van der Waals surface area contributed by atoms with E-state index in [-0.39, 0.29) is 0 Å². The summed E-state index contributed by atoms with van der Waals surface area (Å²) in [6.07, 6.45) is 5.78. The zero-order chi connectivity index (χ0) is 12.3. The molecule has 0 fully saturated rings. The molecule has 2 aromatic heterocycles. The second kappa shape index (κ2) is 5.40. The lowest BCUT2D eigenvalue weighted by molar-refractivity contribution is 0.787. The van der Waals surface area contributed by atoms with E-state index >= 15 is 0 Å². The molecular formula is C12H18N4S. The number of rotatable bonds is 5. The number of anilines is 1. The first-order valence-electron chi connectivity index (χ1n) is 5.79. The molecule has 0 aromatic carbocycles. The summed E-state index contributed by atoms with van der Waals surface area (Å²) in [5.74, 6) is 2.43. The lowest BCUT2D eigenvalue weighted by Crippen LogP contribution is -2.06. The van der Waals surface area contributed by atoms with Crippen LogP contribution >= 0.6 is 11.8 Å². The Balaban J connectivity index is 2.29. The Morgan fingerprint density at radius 2 is 2.29 bits per heavy atom. The molecule has 0 bridgehead atoms. The van der Waals surface area contributed by atoms with Gasteiger partial charge in [0.05, 0.1) is 5.69 Å². The van der Waals surface area contributed by atoms with Gasteiger partial charge in [-0.15, -0.1) is 0 Å². The molecule has 0 saturated carbocycles. The minimum Gasteiger partial charge on any atom is -0.367 e. The van der Waals surface area contributed by atoms with Crippen molar-refractivity contribution in [3.63, 3.8) is 0 Å². The smallest absolute Gasteiger partial charge is 0.152 e. The van der Waals surface area contributed by atoms with Gasteiger partial charge >= 0.3 is 0 Å². The largest absolute Gasteiger partial charge is 0.367 e. The van der Waals surface area contributed by atoms with Crippen molar-refractivity contribution in [2.24, 2.45) is 0 Å². The normalized spacial score (nSPS) is 11.3. The van der Waals surface area contributed by atoms with Gasteiger partial charge in [0.2, 0.25) is 0 Å². The third kappa shape index (κ3) is 2.72. The number of nitrogens with zero attached hydrogens (tertiary/aromatic N) is 3. The molecule has 92 valence electrons. The molecule has 0 atom stereocenters. The topological polar surface area (TPSA) is 42.2 Å². The maximum absolute atomic E-state index is 4.53. The van der Waals surface area contributed by atoms with Crippen molar-refractivity contribution in [3.05, 3.63) is 24.2 Å². The van der Waals surface area contributed by atoms with Crippen LogP contribution in [0.4, 0.5) is 5.82 Å². The molecule has 0 radical (unpaired) electrons. The summed E-state index contributed by atoms with van der Waals surface area (Å²) in [7, 11) is 0. The zero-order valence-corrected chi connectivity index (χ0v) is 11.3. The van der Waals surface area contributed by atoms with E-state index in [1.807, 2.05) is 22.5 Å². The Labute approximate surface area is 106 Å². The summed E-state index contributed by atoms with van der Waals surface area (Å²) in [6, 6.07) is 2.11. The van der Waals surface area contributed by atoms with E-state index in [2.05, 4.69) is 41.6 Å². The van der Waals surface area contributed by atoms with E-state index in [0.717, 1.165) is 29.3 Å². The number of hydrogen-bond acceptors (Lipinski definition) is 4. The van der Waals surface area contributed by atoms with Gasteiger partial charge in [0.1, 0.15) is 5.52 Å². The van der Waals surface area contributed by atoms with Gasteiger partial charge in [0.25, 0.3) is 0 Å². The van der Waals surface area contributed by atoms with Crippen molar-refractivity contribution < 1.29 is 0 Å². The molecule has 1 N–H and O–H groups in total. The van der Waals surface area contributed by atoms with Crippen LogP contribution in [0.25, 0.3) is 5.52 Å². The lowest BCUT2D eigenvalue weighted by Gasteiger charge is -2.05. The fourth-order valence-electron chi connectivity index (χ4n) is 1.63. The molecule has 2 heterocycles. The molecule has 2 aromatic rings. The highest BCUT2D eigenvalue weighted by Crippen LogP contribution is 2.19. The summed E-state index contributed by atoms with van der Waals surface area (Å²) in [4.78, 5) is 4.37. The maximum Gasteiger partial charge on any atom is 0.152 e. The van der Waals surface area contributed by atoms with Gasteiger partial charge in [-0.3, -0.25) is 0 Å². The van der Waals surface area contributed by atoms with Crippen LogP contribution in [0, 0.1) is 0 Å². The predicted octanol–water partition coefficient (Wildman–Crippen LogP) is 2.63. The van der Waals surface area contributed by atoms with Gasteiger partial charge in [-0.25, -0.2) is 9.50 Å². The molecule has 0 aliphatic rings. The summed E-state index contributed by atoms with van der Waals surface area (Å²) in [5.41, 5.74) is 2.16. The first kappa shape index (κ1) is 12.2. The summed E-state index contributed by atoms with van der Waals surface area (Å²) in [5, 5.41) is 7.88.